The van der Waals surface area contributed by atoms with Crippen LogP contribution in [0.5, 0.6) is 0 Å². The van der Waals surface area contributed by atoms with Gasteiger partial charge in [-0.05, 0) is 6.07 Å². The van der Waals surface area contributed by atoms with Crippen LogP contribution < -0.4 is 10.6 Å². The van der Waals surface area contributed by atoms with Crippen LogP contribution in [0.4, 0.5) is 0 Å². The highest BCUT2D eigenvalue weighted by Crippen LogP contribution is 2.27. The number of para-hydroxylation sites is 1. The molecule has 1 aliphatic rings. The van der Waals surface area contributed by atoms with Gasteiger partial charge in [0.2, 0.25) is 0 Å². The quantitative estimate of drug-likeness (QED) is 0.703. The van der Waals surface area contributed by atoms with Crippen molar-refractivity contribution in [1.82, 2.24) is 14.5 Å². The Balaban J connectivity index is 2.08. The lowest BCUT2D eigenvalue weighted by Gasteiger charge is -2.24. The number of aliphatic hydroxyl groups excluding tert-OH is 1. The molecule has 2 heterocycles. The Kier molecular flexibility index (Phi) is 2.27. The Morgan fingerprint density at radius 1 is 1.30 bits per heavy atom. The molecule has 2 aromatic heterocycles. The van der Waals surface area contributed by atoms with Crippen LogP contribution in [0.3, 0.4) is 0 Å². The summed E-state index contributed by atoms with van der Waals surface area (Å²) in [5.74, 6) is 0.433. The summed E-state index contributed by atoms with van der Waals surface area (Å²) in [6.07, 6.45) is 7.71. The molecular formula is C16H15N3O. The van der Waals surface area contributed by atoms with Crippen LogP contribution >= 0.6 is 0 Å². The molecule has 0 amide bonds. The molecule has 2 N–H and O–H groups in total. The minimum Gasteiger partial charge on any atom is -0.510 e. The van der Waals surface area contributed by atoms with Crippen molar-refractivity contribution < 1.29 is 5.11 Å². The first-order valence-corrected chi connectivity index (χ1v) is 6.75. The lowest BCUT2D eigenvalue weighted by Crippen LogP contribution is -2.36. The predicted octanol–water partition coefficient (Wildman–Crippen LogP) is 1.70. The largest absolute Gasteiger partial charge is 0.510 e. The van der Waals surface area contributed by atoms with Crippen LogP contribution in [0, 0.1) is 5.92 Å². The molecule has 0 radical (unpaired) electrons. The number of aliphatic hydroxyl groups is 1. The van der Waals surface area contributed by atoms with E-state index in [-0.39, 0.29) is 12.0 Å². The van der Waals surface area contributed by atoms with E-state index in [1.165, 1.54) is 0 Å². The van der Waals surface area contributed by atoms with Gasteiger partial charge < -0.3 is 14.7 Å². The summed E-state index contributed by atoms with van der Waals surface area (Å²) in [6.45, 7) is 2.03. The molecule has 0 aliphatic heterocycles. The summed E-state index contributed by atoms with van der Waals surface area (Å²) in [5.41, 5.74) is 1.05. The van der Waals surface area contributed by atoms with Crippen LogP contribution in [-0.4, -0.2) is 19.6 Å². The lowest BCUT2D eigenvalue weighted by atomic mass is 9.93. The van der Waals surface area contributed by atoms with E-state index >= 15 is 0 Å². The van der Waals surface area contributed by atoms with Crippen molar-refractivity contribution in [3.05, 3.63) is 53.6 Å². The van der Waals surface area contributed by atoms with Gasteiger partial charge in [0.1, 0.15) is 5.76 Å². The topological polar surface area (TPSA) is 53.8 Å². The summed E-state index contributed by atoms with van der Waals surface area (Å²) >= 11 is 0. The van der Waals surface area contributed by atoms with E-state index in [0.717, 1.165) is 21.5 Å². The van der Waals surface area contributed by atoms with Crippen molar-refractivity contribution >= 4 is 22.7 Å². The van der Waals surface area contributed by atoms with Crippen LogP contribution in [0.25, 0.3) is 22.7 Å². The van der Waals surface area contributed by atoms with Gasteiger partial charge in [-0.2, -0.15) is 0 Å². The Bertz CT molecular complexity index is 890. The number of hydrogen-bond acceptors (Lipinski definition) is 2. The van der Waals surface area contributed by atoms with Gasteiger partial charge in [0.15, 0.2) is 0 Å². The Labute approximate surface area is 115 Å². The number of rotatable bonds is 1. The van der Waals surface area contributed by atoms with Crippen LogP contribution in [0.2, 0.25) is 0 Å². The van der Waals surface area contributed by atoms with Crippen molar-refractivity contribution in [2.75, 3.05) is 0 Å². The molecule has 0 spiro atoms. The second-order valence-electron chi connectivity index (χ2n) is 5.30. The van der Waals surface area contributed by atoms with E-state index in [4.69, 9.17) is 0 Å². The van der Waals surface area contributed by atoms with Gasteiger partial charge in [0, 0.05) is 34.4 Å². The fourth-order valence-corrected chi connectivity index (χ4v) is 3.03. The van der Waals surface area contributed by atoms with Crippen molar-refractivity contribution in [1.29, 1.82) is 0 Å². The Morgan fingerprint density at radius 3 is 2.95 bits per heavy atom. The molecule has 1 aromatic carbocycles. The first-order valence-electron chi connectivity index (χ1n) is 6.75. The number of benzene rings is 1. The fraction of sp³-hybridized carbons (Fsp3) is 0.188. The number of fused-ring (bicyclic) bond motifs is 3. The third kappa shape index (κ3) is 1.45. The molecule has 4 rings (SSSR count). The monoisotopic (exact) mass is 265 g/mol. The zero-order valence-corrected chi connectivity index (χ0v) is 11.1. The summed E-state index contributed by atoms with van der Waals surface area (Å²) < 4.78 is 2.03. The summed E-state index contributed by atoms with van der Waals surface area (Å²) in [5, 5.41) is 13.6. The Morgan fingerprint density at radius 2 is 2.15 bits per heavy atom. The number of imidazole rings is 1. The second kappa shape index (κ2) is 4.00. The second-order valence-corrected chi connectivity index (χ2v) is 5.30. The van der Waals surface area contributed by atoms with Crippen molar-refractivity contribution in [3.8, 4) is 0 Å². The molecule has 100 valence electrons. The fourth-order valence-electron chi connectivity index (χ4n) is 3.03. The zero-order chi connectivity index (χ0) is 13.7. The van der Waals surface area contributed by atoms with E-state index in [2.05, 4.69) is 22.1 Å². The molecular weight excluding hydrogens is 250 g/mol. The number of aromatic nitrogens is 3. The standard InChI is InChI=1S/C16H15N3O/c1-10-14(19-7-6-17-9-19)8-12-11-4-2-3-5-13(11)18-15(12)16(10)20/h2-10,14,18,20H,1H3. The van der Waals surface area contributed by atoms with Crippen molar-refractivity contribution in [3.63, 3.8) is 0 Å². The van der Waals surface area contributed by atoms with Gasteiger partial charge in [-0.1, -0.05) is 31.2 Å². The third-order valence-corrected chi connectivity index (χ3v) is 4.15. The molecule has 3 aromatic rings. The lowest BCUT2D eigenvalue weighted by molar-refractivity contribution is 0.383. The highest BCUT2D eigenvalue weighted by atomic mass is 16.3. The van der Waals surface area contributed by atoms with Gasteiger partial charge in [-0.25, -0.2) is 4.98 Å². The molecule has 0 fully saturated rings. The molecule has 0 saturated carbocycles. The van der Waals surface area contributed by atoms with Gasteiger partial charge in [0.25, 0.3) is 0 Å². The minimum atomic E-state index is 0.0183. The van der Waals surface area contributed by atoms with E-state index in [1.807, 2.05) is 35.9 Å². The maximum Gasteiger partial charge on any atom is 0.121 e. The number of nitrogens with one attached hydrogen (secondary N) is 1. The third-order valence-electron chi connectivity index (χ3n) is 4.15. The van der Waals surface area contributed by atoms with Gasteiger partial charge >= 0.3 is 0 Å². The maximum absolute atomic E-state index is 10.5. The van der Waals surface area contributed by atoms with Crippen LogP contribution in [-0.2, 0) is 0 Å². The normalized spacial score (nSPS) is 21.8. The van der Waals surface area contributed by atoms with E-state index in [0.29, 0.717) is 5.76 Å². The molecule has 20 heavy (non-hydrogen) atoms. The summed E-state index contributed by atoms with van der Waals surface area (Å²) in [4.78, 5) is 7.43. The van der Waals surface area contributed by atoms with E-state index in [9.17, 15) is 5.11 Å². The summed E-state index contributed by atoms with van der Waals surface area (Å²) in [7, 11) is 0. The van der Waals surface area contributed by atoms with Crippen LogP contribution in [0.1, 0.15) is 13.0 Å². The number of aromatic amines is 1. The smallest absolute Gasteiger partial charge is 0.121 e. The molecule has 4 nitrogen and oxygen atoms in total. The molecule has 1 aliphatic carbocycles. The average Bonchev–Trinajstić information content (AvgIpc) is 3.10. The first kappa shape index (κ1) is 11.3. The molecule has 0 saturated heterocycles. The van der Waals surface area contributed by atoms with Crippen LogP contribution in [0.15, 0.2) is 43.0 Å². The predicted molar refractivity (Wildman–Crippen MR) is 78.5 cm³/mol. The number of nitrogens with zero attached hydrogens (tertiary/aromatic N) is 2. The Hall–Kier alpha value is -2.49. The first-order chi connectivity index (χ1) is 9.75. The van der Waals surface area contributed by atoms with Crippen molar-refractivity contribution in [2.24, 2.45) is 5.92 Å². The highest BCUT2D eigenvalue weighted by Gasteiger charge is 2.25. The zero-order valence-electron chi connectivity index (χ0n) is 11.1. The van der Waals surface area contributed by atoms with E-state index < -0.39 is 0 Å². The maximum atomic E-state index is 10.5. The van der Waals surface area contributed by atoms with Gasteiger partial charge in [-0.3, -0.25) is 0 Å². The number of hydrogen-bond donors (Lipinski definition) is 2. The van der Waals surface area contributed by atoms with Gasteiger partial charge in [-0.15, -0.1) is 0 Å². The molecule has 2 unspecified atom stereocenters. The highest BCUT2D eigenvalue weighted by molar-refractivity contribution is 5.82. The number of H-pyrrole nitrogens is 1. The molecule has 4 heteroatoms. The SMILES string of the molecule is CC1C(O)=c2[nH]c3ccccc3c2=CC1n1ccnc1. The van der Waals surface area contributed by atoms with E-state index in [1.54, 1.807) is 12.5 Å². The average molecular weight is 265 g/mol. The summed E-state index contributed by atoms with van der Waals surface area (Å²) in [6, 6.07) is 8.22. The van der Waals surface area contributed by atoms with Gasteiger partial charge in [0.05, 0.1) is 17.7 Å². The molecule has 2 atom stereocenters. The minimum absolute atomic E-state index is 0.0183. The molecule has 0 bridgehead atoms. The van der Waals surface area contributed by atoms with Crippen molar-refractivity contribution in [2.45, 2.75) is 13.0 Å².